The number of amides is 1. The second-order valence-electron chi connectivity index (χ2n) is 6.69. The van der Waals surface area contributed by atoms with Crippen molar-refractivity contribution in [2.75, 3.05) is 11.4 Å². The first-order valence-corrected chi connectivity index (χ1v) is 11.0. The summed E-state index contributed by atoms with van der Waals surface area (Å²) in [7, 11) is -2.25. The number of esters is 1. The molecule has 3 aromatic rings. The van der Waals surface area contributed by atoms with Gasteiger partial charge < -0.3 is 4.74 Å². The first-order valence-electron chi connectivity index (χ1n) is 9.53. The van der Waals surface area contributed by atoms with E-state index in [0.717, 1.165) is 4.31 Å². The van der Waals surface area contributed by atoms with Crippen molar-refractivity contribution in [3.05, 3.63) is 90.0 Å². The Labute approximate surface area is 186 Å². The van der Waals surface area contributed by atoms with Crippen LogP contribution in [-0.2, 0) is 14.8 Å². The van der Waals surface area contributed by atoms with Gasteiger partial charge >= 0.3 is 5.97 Å². The maximum absolute atomic E-state index is 12.7. The van der Waals surface area contributed by atoms with Crippen molar-refractivity contribution in [2.45, 2.75) is 11.8 Å². The first-order chi connectivity index (χ1) is 15.3. The molecule has 8 nitrogen and oxygen atoms in total. The Morgan fingerprint density at radius 2 is 1.56 bits per heavy atom. The fourth-order valence-electron chi connectivity index (χ4n) is 2.73. The number of sulfonamides is 1. The lowest BCUT2D eigenvalue weighted by Crippen LogP contribution is -2.26. The van der Waals surface area contributed by atoms with E-state index in [9.17, 15) is 18.0 Å². The molecule has 0 heterocycles. The van der Waals surface area contributed by atoms with Gasteiger partial charge in [0, 0.05) is 19.5 Å². The van der Waals surface area contributed by atoms with Crippen molar-refractivity contribution in [3.63, 3.8) is 0 Å². The number of hydrogen-bond acceptors (Lipinski definition) is 6. The molecule has 0 saturated carbocycles. The van der Waals surface area contributed by atoms with Crippen LogP contribution in [0.5, 0.6) is 5.75 Å². The van der Waals surface area contributed by atoms with Crippen LogP contribution in [0, 0.1) is 0 Å². The van der Waals surface area contributed by atoms with E-state index >= 15 is 0 Å². The first kappa shape index (κ1) is 22.7. The Morgan fingerprint density at radius 1 is 0.938 bits per heavy atom. The topological polar surface area (TPSA) is 105 Å². The molecule has 1 N–H and O–H groups in total. The molecule has 0 spiro atoms. The van der Waals surface area contributed by atoms with Gasteiger partial charge in [0.25, 0.3) is 15.9 Å². The Balaban J connectivity index is 1.62. The molecule has 0 aliphatic heterocycles. The molecule has 32 heavy (non-hydrogen) atoms. The Kier molecular flexibility index (Phi) is 7.01. The van der Waals surface area contributed by atoms with Crippen LogP contribution in [0.25, 0.3) is 0 Å². The minimum Gasteiger partial charge on any atom is -0.427 e. The van der Waals surface area contributed by atoms with E-state index < -0.39 is 21.9 Å². The average molecular weight is 452 g/mol. The Hall–Kier alpha value is -3.98. The lowest BCUT2D eigenvalue weighted by Gasteiger charge is -2.19. The van der Waals surface area contributed by atoms with Gasteiger partial charge in [0.2, 0.25) is 0 Å². The molecule has 0 aromatic heterocycles. The van der Waals surface area contributed by atoms with E-state index in [-0.39, 0.29) is 4.90 Å². The van der Waals surface area contributed by atoms with E-state index in [1.807, 2.05) is 0 Å². The molecule has 1 amide bonds. The van der Waals surface area contributed by atoms with Gasteiger partial charge in [-0.1, -0.05) is 18.2 Å². The molecule has 3 rings (SSSR count). The third-order valence-electron chi connectivity index (χ3n) is 4.42. The second-order valence-corrected chi connectivity index (χ2v) is 8.66. The van der Waals surface area contributed by atoms with E-state index in [2.05, 4.69) is 10.5 Å². The third kappa shape index (κ3) is 5.58. The van der Waals surface area contributed by atoms with Crippen LogP contribution >= 0.6 is 0 Å². The largest absolute Gasteiger partial charge is 0.427 e. The molecule has 0 aliphatic rings. The quantitative estimate of drug-likeness (QED) is 0.257. The molecular weight excluding hydrogens is 430 g/mol. The average Bonchev–Trinajstić information content (AvgIpc) is 2.80. The summed E-state index contributed by atoms with van der Waals surface area (Å²) in [6.45, 7) is 1.32. The highest BCUT2D eigenvalue weighted by Gasteiger charge is 2.21. The van der Waals surface area contributed by atoms with Gasteiger partial charge in [-0.3, -0.25) is 13.9 Å². The highest BCUT2D eigenvalue weighted by atomic mass is 32.2. The van der Waals surface area contributed by atoms with Crippen LogP contribution in [0.1, 0.15) is 22.8 Å². The minimum absolute atomic E-state index is 0.180. The van der Waals surface area contributed by atoms with Crippen molar-refractivity contribution < 1.29 is 22.7 Å². The maximum Gasteiger partial charge on any atom is 0.308 e. The zero-order valence-electron chi connectivity index (χ0n) is 17.4. The van der Waals surface area contributed by atoms with Gasteiger partial charge in [-0.05, 0) is 66.2 Å². The lowest BCUT2D eigenvalue weighted by molar-refractivity contribution is -0.131. The summed E-state index contributed by atoms with van der Waals surface area (Å²) in [6, 6.07) is 20.8. The van der Waals surface area contributed by atoms with Crippen LogP contribution in [-0.4, -0.2) is 33.6 Å². The molecule has 9 heteroatoms. The van der Waals surface area contributed by atoms with Gasteiger partial charge in [0.05, 0.1) is 16.8 Å². The molecule has 0 fully saturated rings. The summed E-state index contributed by atoms with van der Waals surface area (Å²) in [4.78, 5) is 23.4. The molecule has 0 radical (unpaired) electrons. The highest BCUT2D eigenvalue weighted by Crippen LogP contribution is 2.22. The number of nitrogens with one attached hydrogen (secondary N) is 1. The predicted molar refractivity (Wildman–Crippen MR) is 121 cm³/mol. The summed E-state index contributed by atoms with van der Waals surface area (Å²) in [5.41, 5.74) is 3.85. The van der Waals surface area contributed by atoms with Crippen LogP contribution in [0.15, 0.2) is 88.9 Å². The van der Waals surface area contributed by atoms with E-state index in [1.165, 1.54) is 44.5 Å². The van der Waals surface area contributed by atoms with E-state index in [1.54, 1.807) is 54.6 Å². The van der Waals surface area contributed by atoms with Crippen molar-refractivity contribution in [3.8, 4) is 5.75 Å². The third-order valence-corrected chi connectivity index (χ3v) is 6.22. The zero-order chi connectivity index (χ0) is 23.1. The minimum atomic E-state index is -3.70. The van der Waals surface area contributed by atoms with Crippen LogP contribution in [0.2, 0.25) is 0 Å². The molecule has 0 atom stereocenters. The fourth-order valence-corrected chi connectivity index (χ4v) is 3.95. The maximum atomic E-state index is 12.7. The normalized spacial score (nSPS) is 11.2. The van der Waals surface area contributed by atoms with E-state index in [0.29, 0.717) is 22.6 Å². The number of benzene rings is 3. The molecule has 3 aromatic carbocycles. The van der Waals surface area contributed by atoms with Crippen molar-refractivity contribution in [1.82, 2.24) is 5.43 Å². The number of carbonyl (C=O) groups excluding carboxylic acids is 2. The smallest absolute Gasteiger partial charge is 0.308 e. The molecule has 0 aliphatic carbocycles. The van der Waals surface area contributed by atoms with Crippen LogP contribution in [0.3, 0.4) is 0 Å². The number of rotatable bonds is 7. The number of ether oxygens (including phenoxy) is 1. The fraction of sp³-hybridized carbons (Fsp3) is 0.0870. The van der Waals surface area contributed by atoms with E-state index in [4.69, 9.17) is 4.74 Å². The summed E-state index contributed by atoms with van der Waals surface area (Å²) in [5.74, 6) is -0.440. The SMILES string of the molecule is CC(=O)Oc1ccc(/C=N\NC(=O)c2ccc(N(C)S(=O)(=O)c3ccccc3)cc2)cc1. The monoisotopic (exact) mass is 451 g/mol. The molecule has 164 valence electrons. The van der Waals surface area contributed by atoms with Crippen molar-refractivity contribution >= 4 is 33.8 Å². The number of anilines is 1. The van der Waals surface area contributed by atoms with Crippen molar-refractivity contribution in [1.29, 1.82) is 0 Å². The van der Waals surface area contributed by atoms with Gasteiger partial charge in [-0.15, -0.1) is 0 Å². The number of carbonyl (C=O) groups is 2. The van der Waals surface area contributed by atoms with Gasteiger partial charge in [-0.2, -0.15) is 5.10 Å². The van der Waals surface area contributed by atoms with Gasteiger partial charge in [0.15, 0.2) is 0 Å². The molecule has 0 bridgehead atoms. The number of hydrogen-bond donors (Lipinski definition) is 1. The van der Waals surface area contributed by atoms with Crippen molar-refractivity contribution in [2.24, 2.45) is 5.10 Å². The highest BCUT2D eigenvalue weighted by molar-refractivity contribution is 7.92. The molecule has 0 unspecified atom stereocenters. The summed E-state index contributed by atoms with van der Waals surface area (Å²) in [6.07, 6.45) is 1.45. The van der Waals surface area contributed by atoms with Crippen LogP contribution in [0.4, 0.5) is 5.69 Å². The summed E-state index contributed by atoms with van der Waals surface area (Å²) in [5, 5.41) is 3.91. The summed E-state index contributed by atoms with van der Waals surface area (Å²) >= 11 is 0. The molecule has 0 saturated heterocycles. The van der Waals surface area contributed by atoms with Gasteiger partial charge in [0.1, 0.15) is 5.75 Å². The van der Waals surface area contributed by atoms with Crippen LogP contribution < -0.4 is 14.5 Å². The second kappa shape index (κ2) is 9.88. The zero-order valence-corrected chi connectivity index (χ0v) is 18.2. The Bertz CT molecular complexity index is 1220. The standard InChI is InChI=1S/C23H21N3O5S/c1-17(27)31-21-14-8-18(9-15-21)16-24-25-23(28)19-10-12-20(13-11-19)26(2)32(29,30)22-6-4-3-5-7-22/h3-16H,1-2H3,(H,25,28)/b24-16-. The van der Waals surface area contributed by atoms with Gasteiger partial charge in [-0.25, -0.2) is 13.8 Å². The number of hydrazone groups is 1. The lowest BCUT2D eigenvalue weighted by atomic mass is 10.2. The predicted octanol–water partition coefficient (Wildman–Crippen LogP) is 3.20. The molecular formula is C23H21N3O5S. The summed E-state index contributed by atoms with van der Waals surface area (Å²) < 4.78 is 31.5. The number of nitrogens with zero attached hydrogens (tertiary/aromatic N) is 2. The Morgan fingerprint density at radius 3 is 2.16 bits per heavy atom.